The van der Waals surface area contributed by atoms with Gasteiger partial charge in [-0.3, -0.25) is 0 Å². The SMILES string of the molecule is CC1CCN1[O-]. The van der Waals surface area contributed by atoms with Crippen LogP contribution in [0.25, 0.3) is 0 Å². The van der Waals surface area contributed by atoms with E-state index < -0.39 is 0 Å². The van der Waals surface area contributed by atoms with Crippen molar-refractivity contribution in [2.75, 3.05) is 6.54 Å². The van der Waals surface area contributed by atoms with Gasteiger partial charge >= 0.3 is 0 Å². The number of hydroxylamine groups is 2. The first-order chi connectivity index (χ1) is 2.80. The summed E-state index contributed by atoms with van der Waals surface area (Å²) in [5, 5.41) is 11.2. The van der Waals surface area contributed by atoms with Gasteiger partial charge in [0.25, 0.3) is 0 Å². The summed E-state index contributed by atoms with van der Waals surface area (Å²) in [5.74, 6) is 0. The van der Waals surface area contributed by atoms with Gasteiger partial charge in [-0.2, -0.15) is 0 Å². The molecule has 0 aromatic heterocycles. The Bertz CT molecular complexity index is 47.5. The van der Waals surface area contributed by atoms with E-state index in [-0.39, 0.29) is 0 Å². The summed E-state index contributed by atoms with van der Waals surface area (Å²) in [4.78, 5) is 0. The highest BCUT2D eigenvalue weighted by Gasteiger charge is 2.12. The topological polar surface area (TPSA) is 26.3 Å². The lowest BCUT2D eigenvalue weighted by molar-refractivity contribution is 0.173. The molecule has 1 atom stereocenters. The van der Waals surface area contributed by atoms with E-state index in [4.69, 9.17) is 0 Å². The third-order valence-electron chi connectivity index (χ3n) is 1.26. The summed E-state index contributed by atoms with van der Waals surface area (Å²) in [6.07, 6.45) is 1.09. The van der Waals surface area contributed by atoms with Crippen molar-refractivity contribution in [1.82, 2.24) is 5.06 Å². The van der Waals surface area contributed by atoms with Crippen LogP contribution >= 0.6 is 0 Å². The molecular weight excluding hydrogens is 78.0 g/mol. The fraction of sp³-hybridized carbons (Fsp3) is 1.00. The largest absolute Gasteiger partial charge is 0.785 e. The van der Waals surface area contributed by atoms with Crippen molar-refractivity contribution in [2.45, 2.75) is 19.4 Å². The van der Waals surface area contributed by atoms with Crippen LogP contribution in [0.15, 0.2) is 0 Å². The zero-order valence-corrected chi connectivity index (χ0v) is 3.85. The molecule has 1 aliphatic rings. The Morgan fingerprint density at radius 2 is 2.33 bits per heavy atom. The molecule has 6 heavy (non-hydrogen) atoms. The molecule has 1 unspecified atom stereocenters. The monoisotopic (exact) mass is 86.1 g/mol. The van der Waals surface area contributed by atoms with Crippen molar-refractivity contribution in [1.29, 1.82) is 0 Å². The van der Waals surface area contributed by atoms with Crippen LogP contribution in [0.5, 0.6) is 0 Å². The third kappa shape index (κ3) is 0.420. The summed E-state index contributed by atoms with van der Waals surface area (Å²) in [6.45, 7) is 2.69. The first-order valence-corrected chi connectivity index (χ1v) is 2.24. The number of nitrogens with zero attached hydrogens (tertiary/aromatic N) is 1. The molecule has 0 N–H and O–H groups in total. The van der Waals surface area contributed by atoms with Gasteiger partial charge in [-0.15, -0.1) is 0 Å². The lowest BCUT2D eigenvalue weighted by Crippen LogP contribution is -2.40. The minimum atomic E-state index is 0.310. The van der Waals surface area contributed by atoms with Gasteiger partial charge in [0.1, 0.15) is 0 Å². The summed E-state index contributed by atoms with van der Waals surface area (Å²) in [5.41, 5.74) is 0. The molecule has 0 aromatic rings. The molecule has 1 fully saturated rings. The molecule has 2 heteroatoms. The summed E-state index contributed by atoms with van der Waals surface area (Å²) in [7, 11) is 0. The molecule has 0 bridgehead atoms. The third-order valence-corrected chi connectivity index (χ3v) is 1.26. The van der Waals surface area contributed by atoms with Gasteiger partial charge in [0, 0.05) is 0 Å². The van der Waals surface area contributed by atoms with Gasteiger partial charge in [0.2, 0.25) is 0 Å². The summed E-state index contributed by atoms with van der Waals surface area (Å²) < 4.78 is 0. The molecule has 1 heterocycles. The maximum absolute atomic E-state index is 10.1. The fourth-order valence-corrected chi connectivity index (χ4v) is 0.493. The molecule has 0 aliphatic carbocycles. The minimum absolute atomic E-state index is 0.310. The standard InChI is InChI=1S/C4H8NO/c1-4-2-3-5(4)6/h4H,2-3H2,1H3/q-1. The van der Waals surface area contributed by atoms with E-state index in [1.165, 1.54) is 0 Å². The normalized spacial score (nSPS) is 36.0. The van der Waals surface area contributed by atoms with Crippen molar-refractivity contribution < 1.29 is 0 Å². The highest BCUT2D eigenvalue weighted by Crippen LogP contribution is 2.12. The molecule has 2 nitrogen and oxygen atoms in total. The minimum Gasteiger partial charge on any atom is -0.785 e. The second-order valence-corrected chi connectivity index (χ2v) is 1.78. The molecule has 0 saturated carbocycles. The Morgan fingerprint density at radius 1 is 1.83 bits per heavy atom. The lowest BCUT2D eigenvalue weighted by atomic mass is 10.1. The van der Waals surface area contributed by atoms with Crippen LogP contribution in [-0.4, -0.2) is 17.6 Å². The second kappa shape index (κ2) is 1.21. The predicted molar refractivity (Wildman–Crippen MR) is 24.2 cm³/mol. The lowest BCUT2D eigenvalue weighted by Gasteiger charge is -2.44. The first-order valence-electron chi connectivity index (χ1n) is 2.24. The van der Waals surface area contributed by atoms with Crippen LogP contribution < -0.4 is 0 Å². The molecule has 1 aliphatic heterocycles. The van der Waals surface area contributed by atoms with Gasteiger partial charge in [-0.1, -0.05) is 6.92 Å². The molecule has 0 aromatic carbocycles. The smallest absolute Gasteiger partial charge is 0.00431 e. The Kier molecular flexibility index (Phi) is 0.821. The summed E-state index contributed by atoms with van der Waals surface area (Å²) in [6, 6.07) is 0.310. The number of hydrogen-bond acceptors (Lipinski definition) is 2. The van der Waals surface area contributed by atoms with E-state index in [0.717, 1.165) is 18.0 Å². The Hall–Kier alpha value is -0.0800. The van der Waals surface area contributed by atoms with E-state index in [1.54, 1.807) is 0 Å². The van der Waals surface area contributed by atoms with Crippen LogP contribution in [0.4, 0.5) is 0 Å². The van der Waals surface area contributed by atoms with Gasteiger partial charge in [-0.05, 0) is 19.0 Å². The zero-order chi connectivity index (χ0) is 4.57. The van der Waals surface area contributed by atoms with E-state index in [9.17, 15) is 5.21 Å². The van der Waals surface area contributed by atoms with E-state index in [0.29, 0.717) is 6.04 Å². The maximum atomic E-state index is 10.1. The molecule has 0 amide bonds. The quantitative estimate of drug-likeness (QED) is 0.431. The maximum Gasteiger partial charge on any atom is -0.00431 e. The highest BCUT2D eigenvalue weighted by atomic mass is 16.5. The Balaban J connectivity index is 2.20. The van der Waals surface area contributed by atoms with Crippen molar-refractivity contribution in [3.8, 4) is 0 Å². The van der Waals surface area contributed by atoms with Crippen LogP contribution in [-0.2, 0) is 0 Å². The van der Waals surface area contributed by atoms with Gasteiger partial charge in [-0.25, -0.2) is 0 Å². The fourth-order valence-electron chi connectivity index (χ4n) is 0.493. The van der Waals surface area contributed by atoms with Crippen molar-refractivity contribution >= 4 is 0 Å². The van der Waals surface area contributed by atoms with Crippen molar-refractivity contribution in [3.05, 3.63) is 5.21 Å². The highest BCUT2D eigenvalue weighted by molar-refractivity contribution is 4.77. The average molecular weight is 86.1 g/mol. The van der Waals surface area contributed by atoms with Crippen LogP contribution in [0.3, 0.4) is 0 Å². The molecule has 0 spiro atoms. The predicted octanol–water partition coefficient (Wildman–Crippen LogP) is 0.578. The van der Waals surface area contributed by atoms with Gasteiger partial charge in [0.15, 0.2) is 0 Å². The van der Waals surface area contributed by atoms with Crippen LogP contribution in [0.1, 0.15) is 13.3 Å². The van der Waals surface area contributed by atoms with Crippen molar-refractivity contribution in [3.63, 3.8) is 0 Å². The van der Waals surface area contributed by atoms with E-state index >= 15 is 0 Å². The van der Waals surface area contributed by atoms with E-state index in [1.807, 2.05) is 6.92 Å². The van der Waals surface area contributed by atoms with Crippen molar-refractivity contribution in [2.24, 2.45) is 0 Å². The van der Waals surface area contributed by atoms with E-state index in [2.05, 4.69) is 0 Å². The number of rotatable bonds is 0. The second-order valence-electron chi connectivity index (χ2n) is 1.78. The molecule has 1 rings (SSSR count). The van der Waals surface area contributed by atoms with Gasteiger partial charge in [0.05, 0.1) is 0 Å². The summed E-state index contributed by atoms with van der Waals surface area (Å²) >= 11 is 0. The first kappa shape index (κ1) is 4.09. The van der Waals surface area contributed by atoms with Crippen LogP contribution in [0, 0.1) is 5.21 Å². The van der Waals surface area contributed by atoms with Gasteiger partial charge < -0.3 is 10.3 Å². The Morgan fingerprint density at radius 3 is 2.33 bits per heavy atom. The molecular formula is C4H8NO-. The molecule has 0 radical (unpaired) electrons. The van der Waals surface area contributed by atoms with Crippen LogP contribution in [0.2, 0.25) is 0 Å². The average Bonchev–Trinajstić information content (AvgIpc) is 1.61. The molecule has 36 valence electrons. The number of hydrogen-bond donors (Lipinski definition) is 0. The molecule has 1 saturated heterocycles. The zero-order valence-electron chi connectivity index (χ0n) is 3.85. The Labute approximate surface area is 37.3 Å².